The summed E-state index contributed by atoms with van der Waals surface area (Å²) in [7, 11) is -0.0269. The van der Waals surface area contributed by atoms with E-state index in [1.165, 1.54) is 0 Å². The maximum Gasteiger partial charge on any atom is 0.242 e. The van der Waals surface area contributed by atoms with Crippen LogP contribution in [0.15, 0.2) is 18.2 Å². The molecule has 15 heavy (non-hydrogen) atoms. The van der Waals surface area contributed by atoms with E-state index in [0.717, 1.165) is 17.1 Å². The van der Waals surface area contributed by atoms with Gasteiger partial charge in [-0.05, 0) is 37.3 Å². The van der Waals surface area contributed by atoms with Crippen molar-refractivity contribution in [3.05, 3.63) is 23.8 Å². The Kier molecular flexibility index (Phi) is 3.76. The fraction of sp³-hybridized carbons (Fsp3) is 0.455. The molecule has 4 heteroatoms. The molecular weight excluding hydrogens is 208 g/mol. The van der Waals surface area contributed by atoms with Crippen LogP contribution in [0.25, 0.3) is 0 Å². The van der Waals surface area contributed by atoms with Crippen molar-refractivity contribution in [1.29, 1.82) is 0 Å². The molecule has 0 aliphatic rings. The van der Waals surface area contributed by atoms with Gasteiger partial charge in [-0.2, -0.15) is 0 Å². The Morgan fingerprint density at radius 1 is 1.20 bits per heavy atom. The highest BCUT2D eigenvalue weighted by atomic mass is 28.4. The van der Waals surface area contributed by atoms with Gasteiger partial charge in [0.1, 0.15) is 5.75 Å². The molecule has 0 spiro atoms. The first-order valence-corrected chi connectivity index (χ1v) is 8.34. The summed E-state index contributed by atoms with van der Waals surface area (Å²) in [6.45, 7) is 6.35. The Balaban J connectivity index is 3.01. The Hall–Kier alpha value is -1.00. The number of hydrogen-bond donors (Lipinski definition) is 1. The Labute approximate surface area is 91.8 Å². The van der Waals surface area contributed by atoms with Crippen molar-refractivity contribution in [2.45, 2.75) is 26.2 Å². The molecular formula is C11H18O3Si. The first-order valence-electron chi connectivity index (χ1n) is 4.93. The minimum absolute atomic E-state index is 0.0199. The standard InChI is InChI=1S/C11H18O3Si/c1-13-10-6-5-9(8-12)7-11(10)14-15(2,3)4/h5-7,12H,8H2,1-4H3. The lowest BCUT2D eigenvalue weighted by Crippen LogP contribution is -2.29. The normalized spacial score (nSPS) is 11.3. The molecule has 0 bridgehead atoms. The molecule has 0 radical (unpaired) electrons. The first kappa shape index (κ1) is 12.1. The lowest BCUT2D eigenvalue weighted by atomic mass is 10.2. The van der Waals surface area contributed by atoms with Gasteiger partial charge in [0.25, 0.3) is 0 Å². The zero-order valence-electron chi connectivity index (χ0n) is 9.70. The first-order chi connectivity index (χ1) is 6.96. The molecule has 1 rings (SSSR count). The minimum Gasteiger partial charge on any atom is -0.542 e. The van der Waals surface area contributed by atoms with E-state index in [2.05, 4.69) is 19.6 Å². The largest absolute Gasteiger partial charge is 0.542 e. The lowest BCUT2D eigenvalue weighted by Gasteiger charge is -2.21. The van der Waals surface area contributed by atoms with Crippen molar-refractivity contribution in [2.75, 3.05) is 7.11 Å². The van der Waals surface area contributed by atoms with Gasteiger partial charge in [0.2, 0.25) is 8.32 Å². The number of aliphatic hydroxyl groups excluding tert-OH is 1. The predicted octanol–water partition coefficient (Wildman–Crippen LogP) is 2.40. The van der Waals surface area contributed by atoms with E-state index in [4.69, 9.17) is 14.3 Å². The number of hydrogen-bond acceptors (Lipinski definition) is 3. The van der Waals surface area contributed by atoms with Gasteiger partial charge in [0, 0.05) is 0 Å². The van der Waals surface area contributed by atoms with Gasteiger partial charge < -0.3 is 14.3 Å². The third-order valence-corrected chi connectivity index (χ3v) is 2.66. The highest BCUT2D eigenvalue weighted by molar-refractivity contribution is 6.70. The molecule has 0 fully saturated rings. The topological polar surface area (TPSA) is 38.7 Å². The van der Waals surface area contributed by atoms with Gasteiger partial charge in [-0.15, -0.1) is 0 Å². The Morgan fingerprint density at radius 2 is 1.87 bits per heavy atom. The highest BCUT2D eigenvalue weighted by Crippen LogP contribution is 2.30. The van der Waals surface area contributed by atoms with Crippen LogP contribution in [-0.4, -0.2) is 20.5 Å². The summed E-state index contributed by atoms with van der Waals surface area (Å²) in [6, 6.07) is 5.48. The van der Waals surface area contributed by atoms with Crippen molar-refractivity contribution in [3.8, 4) is 11.5 Å². The molecule has 3 nitrogen and oxygen atoms in total. The van der Waals surface area contributed by atoms with Crippen molar-refractivity contribution in [2.24, 2.45) is 0 Å². The molecule has 1 N–H and O–H groups in total. The molecule has 0 aliphatic carbocycles. The number of benzene rings is 1. The molecule has 0 unspecified atom stereocenters. The summed E-state index contributed by atoms with van der Waals surface area (Å²) in [5.74, 6) is 1.44. The third kappa shape index (κ3) is 3.57. The van der Waals surface area contributed by atoms with Crippen LogP contribution in [0, 0.1) is 0 Å². The summed E-state index contributed by atoms with van der Waals surface area (Å²) >= 11 is 0. The molecule has 0 aromatic heterocycles. The van der Waals surface area contributed by atoms with E-state index in [-0.39, 0.29) is 6.61 Å². The second kappa shape index (κ2) is 4.68. The second-order valence-electron chi connectivity index (χ2n) is 4.36. The van der Waals surface area contributed by atoms with Gasteiger partial charge in [-0.3, -0.25) is 0 Å². The number of rotatable bonds is 4. The highest BCUT2D eigenvalue weighted by Gasteiger charge is 2.18. The number of aliphatic hydroxyl groups is 1. The van der Waals surface area contributed by atoms with E-state index >= 15 is 0 Å². The number of ether oxygens (including phenoxy) is 1. The van der Waals surface area contributed by atoms with Crippen molar-refractivity contribution >= 4 is 8.32 Å². The van der Waals surface area contributed by atoms with Crippen LogP contribution in [0.1, 0.15) is 5.56 Å². The summed E-state index contributed by atoms with van der Waals surface area (Å²) in [4.78, 5) is 0. The molecule has 1 aromatic carbocycles. The maximum atomic E-state index is 9.04. The van der Waals surface area contributed by atoms with Crippen LogP contribution in [0.4, 0.5) is 0 Å². The molecule has 1 aromatic rings. The van der Waals surface area contributed by atoms with E-state index < -0.39 is 8.32 Å². The average molecular weight is 226 g/mol. The van der Waals surface area contributed by atoms with Crippen LogP contribution in [0.5, 0.6) is 11.5 Å². The molecule has 0 aliphatic heterocycles. The van der Waals surface area contributed by atoms with Crippen LogP contribution in [-0.2, 0) is 6.61 Å². The van der Waals surface area contributed by atoms with E-state index in [1.54, 1.807) is 7.11 Å². The summed E-state index contributed by atoms with van der Waals surface area (Å²) < 4.78 is 11.1. The monoisotopic (exact) mass is 226 g/mol. The van der Waals surface area contributed by atoms with Crippen LogP contribution in [0.3, 0.4) is 0 Å². The number of methoxy groups -OCH3 is 1. The van der Waals surface area contributed by atoms with Crippen molar-refractivity contribution in [3.63, 3.8) is 0 Å². The summed E-state index contributed by atoms with van der Waals surface area (Å²) in [5.41, 5.74) is 0.837. The molecule has 0 amide bonds. The smallest absolute Gasteiger partial charge is 0.242 e. The van der Waals surface area contributed by atoms with Crippen LogP contribution in [0.2, 0.25) is 19.6 Å². The molecule has 0 saturated carbocycles. The van der Waals surface area contributed by atoms with Gasteiger partial charge in [-0.25, -0.2) is 0 Å². The maximum absolute atomic E-state index is 9.04. The van der Waals surface area contributed by atoms with Crippen molar-refractivity contribution < 1.29 is 14.3 Å². The van der Waals surface area contributed by atoms with Crippen LogP contribution >= 0.6 is 0 Å². The fourth-order valence-electron chi connectivity index (χ4n) is 1.23. The molecule has 84 valence electrons. The Bertz CT molecular complexity index is 331. The van der Waals surface area contributed by atoms with E-state index in [1.807, 2.05) is 18.2 Å². The average Bonchev–Trinajstić information content (AvgIpc) is 2.15. The second-order valence-corrected chi connectivity index (χ2v) is 8.79. The zero-order chi connectivity index (χ0) is 11.5. The van der Waals surface area contributed by atoms with E-state index in [0.29, 0.717) is 0 Å². The lowest BCUT2D eigenvalue weighted by molar-refractivity contribution is 0.281. The molecule has 0 heterocycles. The SMILES string of the molecule is COc1ccc(CO)cc1O[Si](C)(C)C. The molecule has 0 atom stereocenters. The van der Waals surface area contributed by atoms with Crippen LogP contribution < -0.4 is 9.16 Å². The quantitative estimate of drug-likeness (QED) is 0.801. The minimum atomic E-state index is -1.64. The van der Waals surface area contributed by atoms with Gasteiger partial charge in [-0.1, -0.05) is 6.07 Å². The predicted molar refractivity (Wildman–Crippen MR) is 62.9 cm³/mol. The van der Waals surface area contributed by atoms with Gasteiger partial charge in [0.05, 0.1) is 13.7 Å². The van der Waals surface area contributed by atoms with Gasteiger partial charge >= 0.3 is 0 Å². The summed E-state index contributed by atoms with van der Waals surface area (Å²) in [5, 5.41) is 9.04. The molecule has 0 saturated heterocycles. The van der Waals surface area contributed by atoms with E-state index in [9.17, 15) is 0 Å². The Morgan fingerprint density at radius 3 is 2.33 bits per heavy atom. The van der Waals surface area contributed by atoms with Crippen molar-refractivity contribution in [1.82, 2.24) is 0 Å². The fourth-order valence-corrected chi connectivity index (χ4v) is 2.05. The summed E-state index contributed by atoms with van der Waals surface area (Å²) in [6.07, 6.45) is 0. The third-order valence-electron chi connectivity index (χ3n) is 1.83. The zero-order valence-corrected chi connectivity index (χ0v) is 10.7. The van der Waals surface area contributed by atoms with Gasteiger partial charge in [0.15, 0.2) is 5.75 Å².